The molecule has 2 aromatic rings. The van der Waals surface area contributed by atoms with Crippen LogP contribution in [0.2, 0.25) is 0 Å². The quantitative estimate of drug-likeness (QED) is 0.868. The molecule has 3 rings (SSSR count). The van der Waals surface area contributed by atoms with Crippen molar-refractivity contribution in [1.82, 2.24) is 10.2 Å². The van der Waals surface area contributed by atoms with Gasteiger partial charge in [-0.1, -0.05) is 12.1 Å². The van der Waals surface area contributed by atoms with E-state index in [-0.39, 0.29) is 18.4 Å². The molecule has 1 unspecified atom stereocenters. The molecule has 1 aromatic carbocycles. The summed E-state index contributed by atoms with van der Waals surface area (Å²) in [5.74, 6) is 1.13. The number of amides is 2. The number of furan rings is 1. The fourth-order valence-corrected chi connectivity index (χ4v) is 2.99. The molecule has 0 aliphatic carbocycles. The van der Waals surface area contributed by atoms with Crippen LogP contribution in [0.5, 0.6) is 0 Å². The van der Waals surface area contributed by atoms with Gasteiger partial charge < -0.3 is 19.4 Å². The number of likely N-dealkylation sites (tertiary alicyclic amines) is 1. The van der Waals surface area contributed by atoms with Crippen LogP contribution in [0.4, 0.5) is 9.18 Å². The number of nitrogens with one attached hydrogen (secondary N) is 1. The highest BCUT2D eigenvalue weighted by Crippen LogP contribution is 2.24. The molecule has 1 N–H and O–H groups in total. The summed E-state index contributed by atoms with van der Waals surface area (Å²) in [7, 11) is 0. The summed E-state index contributed by atoms with van der Waals surface area (Å²) in [6, 6.07) is 9.82. The number of benzene rings is 1. The first-order valence-electron chi connectivity index (χ1n) is 8.61. The summed E-state index contributed by atoms with van der Waals surface area (Å²) in [4.78, 5) is 14.0. The zero-order valence-corrected chi connectivity index (χ0v) is 14.3. The van der Waals surface area contributed by atoms with Gasteiger partial charge in [-0.2, -0.15) is 0 Å². The first kappa shape index (κ1) is 17.5. The minimum atomic E-state index is -0.329. The molecule has 5 nitrogen and oxygen atoms in total. The number of nitrogens with zero attached hydrogens (tertiary/aromatic N) is 1. The number of rotatable bonds is 6. The topological polar surface area (TPSA) is 54.7 Å². The number of carbonyl (C=O) groups is 1. The maximum absolute atomic E-state index is 13.8. The lowest BCUT2D eigenvalue weighted by molar-refractivity contribution is 0.113. The highest BCUT2D eigenvalue weighted by Gasteiger charge is 2.26. The van der Waals surface area contributed by atoms with Crippen molar-refractivity contribution in [2.75, 3.05) is 26.3 Å². The summed E-state index contributed by atoms with van der Waals surface area (Å²) in [5.41, 5.74) is 0.415. The Labute approximate surface area is 146 Å². The Bertz CT molecular complexity index is 716. The van der Waals surface area contributed by atoms with Crippen LogP contribution < -0.4 is 5.32 Å². The van der Waals surface area contributed by atoms with Crippen LogP contribution in [0.25, 0.3) is 11.3 Å². The molecular weight excluding hydrogens is 323 g/mol. The van der Waals surface area contributed by atoms with E-state index in [0.29, 0.717) is 42.8 Å². The fraction of sp³-hybridized carbons (Fsp3) is 0.421. The highest BCUT2D eigenvalue weighted by molar-refractivity contribution is 5.74. The fourth-order valence-electron chi connectivity index (χ4n) is 2.99. The standard InChI is InChI=1S/C19H23FN2O3/c1-2-24-13-14-9-10-22(12-14)19(23)21-11-15-7-8-18(25-15)16-5-3-4-6-17(16)20/h3-8,14H,2,9-13H2,1H3,(H,21,23). The summed E-state index contributed by atoms with van der Waals surface area (Å²) in [6.45, 7) is 5.10. The molecule has 1 atom stereocenters. The molecule has 0 saturated carbocycles. The van der Waals surface area contributed by atoms with Crippen molar-refractivity contribution in [2.45, 2.75) is 19.9 Å². The minimum Gasteiger partial charge on any atom is -0.459 e. The van der Waals surface area contributed by atoms with Crippen molar-refractivity contribution < 1.29 is 18.3 Å². The Balaban J connectivity index is 1.51. The first-order valence-corrected chi connectivity index (χ1v) is 8.61. The van der Waals surface area contributed by atoms with Gasteiger partial charge in [-0.15, -0.1) is 0 Å². The highest BCUT2D eigenvalue weighted by atomic mass is 19.1. The molecule has 2 amide bonds. The van der Waals surface area contributed by atoms with Gasteiger partial charge in [0, 0.05) is 25.6 Å². The Hall–Kier alpha value is -2.34. The van der Waals surface area contributed by atoms with Crippen LogP contribution in [0, 0.1) is 11.7 Å². The van der Waals surface area contributed by atoms with Crippen molar-refractivity contribution in [3.8, 4) is 11.3 Å². The van der Waals surface area contributed by atoms with Crippen LogP contribution in [0.1, 0.15) is 19.1 Å². The summed E-state index contributed by atoms with van der Waals surface area (Å²) < 4.78 is 24.9. The number of carbonyl (C=O) groups excluding carboxylic acids is 1. The second-order valence-electron chi connectivity index (χ2n) is 6.16. The van der Waals surface area contributed by atoms with Crippen LogP contribution >= 0.6 is 0 Å². The average Bonchev–Trinajstić information content (AvgIpc) is 3.28. The molecule has 1 aromatic heterocycles. The largest absolute Gasteiger partial charge is 0.459 e. The van der Waals surface area contributed by atoms with Crippen LogP contribution in [-0.2, 0) is 11.3 Å². The molecule has 1 aliphatic rings. The van der Waals surface area contributed by atoms with E-state index >= 15 is 0 Å². The predicted molar refractivity (Wildman–Crippen MR) is 92.5 cm³/mol. The molecule has 6 heteroatoms. The monoisotopic (exact) mass is 346 g/mol. The van der Waals surface area contributed by atoms with E-state index in [1.807, 2.05) is 6.92 Å². The van der Waals surface area contributed by atoms with Crippen molar-refractivity contribution >= 4 is 6.03 Å². The molecule has 2 heterocycles. The molecule has 134 valence electrons. The summed E-state index contributed by atoms with van der Waals surface area (Å²) in [6.07, 6.45) is 0.964. The molecule has 0 spiro atoms. The van der Waals surface area contributed by atoms with Gasteiger partial charge >= 0.3 is 6.03 Å². The third-order valence-electron chi connectivity index (χ3n) is 4.35. The lowest BCUT2D eigenvalue weighted by atomic mass is 10.1. The predicted octanol–water partition coefficient (Wildman–Crippen LogP) is 3.65. The molecule has 1 fully saturated rings. The number of urea groups is 1. The lowest BCUT2D eigenvalue weighted by Gasteiger charge is -2.17. The van der Waals surface area contributed by atoms with Gasteiger partial charge in [0.25, 0.3) is 0 Å². The van der Waals surface area contributed by atoms with Gasteiger partial charge in [0.05, 0.1) is 18.7 Å². The molecule has 0 bridgehead atoms. The smallest absolute Gasteiger partial charge is 0.317 e. The van der Waals surface area contributed by atoms with Crippen molar-refractivity contribution in [2.24, 2.45) is 5.92 Å². The van der Waals surface area contributed by atoms with E-state index in [0.717, 1.165) is 13.0 Å². The third-order valence-corrected chi connectivity index (χ3v) is 4.35. The van der Waals surface area contributed by atoms with Gasteiger partial charge in [0.2, 0.25) is 0 Å². The second-order valence-corrected chi connectivity index (χ2v) is 6.16. The zero-order chi connectivity index (χ0) is 17.6. The third kappa shape index (κ3) is 4.39. The van der Waals surface area contributed by atoms with E-state index in [4.69, 9.17) is 9.15 Å². The molecular formula is C19H23FN2O3. The maximum atomic E-state index is 13.8. The van der Waals surface area contributed by atoms with E-state index in [1.165, 1.54) is 6.07 Å². The molecule has 25 heavy (non-hydrogen) atoms. The summed E-state index contributed by atoms with van der Waals surface area (Å²) >= 11 is 0. The number of ether oxygens (including phenoxy) is 1. The maximum Gasteiger partial charge on any atom is 0.317 e. The molecule has 1 aliphatic heterocycles. The van der Waals surface area contributed by atoms with Gasteiger partial charge in [-0.3, -0.25) is 0 Å². The van der Waals surface area contributed by atoms with Crippen LogP contribution in [0.15, 0.2) is 40.8 Å². The Morgan fingerprint density at radius 2 is 2.20 bits per heavy atom. The van der Waals surface area contributed by atoms with Gasteiger partial charge in [-0.25, -0.2) is 9.18 Å². The Morgan fingerprint density at radius 3 is 3.00 bits per heavy atom. The van der Waals surface area contributed by atoms with Gasteiger partial charge in [-0.05, 0) is 37.6 Å². The Morgan fingerprint density at radius 1 is 1.36 bits per heavy atom. The van der Waals surface area contributed by atoms with E-state index < -0.39 is 0 Å². The van der Waals surface area contributed by atoms with Crippen LogP contribution in [-0.4, -0.2) is 37.2 Å². The lowest BCUT2D eigenvalue weighted by Crippen LogP contribution is -2.38. The first-order chi connectivity index (χ1) is 12.2. The van der Waals surface area contributed by atoms with Crippen molar-refractivity contribution in [1.29, 1.82) is 0 Å². The number of halogens is 1. The minimum absolute atomic E-state index is 0.108. The second kappa shape index (κ2) is 8.16. The van der Waals surface area contributed by atoms with E-state index in [1.54, 1.807) is 35.2 Å². The van der Waals surface area contributed by atoms with E-state index in [2.05, 4.69) is 5.32 Å². The van der Waals surface area contributed by atoms with Crippen LogP contribution in [0.3, 0.4) is 0 Å². The zero-order valence-electron chi connectivity index (χ0n) is 14.3. The number of hydrogen-bond acceptors (Lipinski definition) is 3. The summed E-state index contributed by atoms with van der Waals surface area (Å²) in [5, 5.41) is 2.86. The van der Waals surface area contributed by atoms with Crippen molar-refractivity contribution in [3.63, 3.8) is 0 Å². The van der Waals surface area contributed by atoms with Crippen molar-refractivity contribution in [3.05, 3.63) is 48.0 Å². The Kier molecular flexibility index (Phi) is 5.71. The van der Waals surface area contributed by atoms with Gasteiger partial charge in [0.1, 0.15) is 17.3 Å². The van der Waals surface area contributed by atoms with Gasteiger partial charge in [0.15, 0.2) is 0 Å². The molecule has 1 saturated heterocycles. The normalized spacial score (nSPS) is 17.0. The molecule has 0 radical (unpaired) electrons. The SMILES string of the molecule is CCOCC1CCN(C(=O)NCc2ccc(-c3ccccc3F)o2)C1. The number of hydrogen-bond donors (Lipinski definition) is 1. The van der Waals surface area contributed by atoms with E-state index in [9.17, 15) is 9.18 Å². The average molecular weight is 346 g/mol.